The molecule has 0 aliphatic carbocycles. The molecule has 2 heterocycles. The van der Waals surface area contributed by atoms with Crippen LogP contribution < -0.4 is 10.2 Å². The van der Waals surface area contributed by atoms with Gasteiger partial charge in [0, 0.05) is 61.6 Å². The smallest absolute Gasteiger partial charge is 0.322 e. The third-order valence-electron chi connectivity index (χ3n) is 5.19. The second kappa shape index (κ2) is 7.50. The number of amides is 2. The fourth-order valence-corrected chi connectivity index (χ4v) is 3.66. The first-order valence-corrected chi connectivity index (χ1v) is 9.26. The Morgan fingerprint density at radius 2 is 1.79 bits per heavy atom. The summed E-state index contributed by atoms with van der Waals surface area (Å²) in [5, 5.41) is 4.00. The molecule has 146 valence electrons. The number of para-hydroxylation sites is 1. The lowest BCUT2D eigenvalue weighted by molar-refractivity contribution is 0.151. The predicted octanol–water partition coefficient (Wildman–Crippen LogP) is 4.47. The largest absolute Gasteiger partial charge is 0.368 e. The summed E-state index contributed by atoms with van der Waals surface area (Å²) in [7, 11) is 1.95. The molecule has 1 aliphatic heterocycles. The van der Waals surface area contributed by atoms with Crippen LogP contribution in [0.25, 0.3) is 10.9 Å². The van der Waals surface area contributed by atoms with Crippen molar-refractivity contribution in [2.24, 2.45) is 7.05 Å². The molecule has 1 saturated heterocycles. The maximum Gasteiger partial charge on any atom is 0.322 e. The lowest BCUT2D eigenvalue weighted by Crippen LogP contribution is -2.50. The van der Waals surface area contributed by atoms with E-state index in [1.807, 2.05) is 53.0 Å². The van der Waals surface area contributed by atoms with Gasteiger partial charge in [-0.2, -0.15) is 0 Å². The van der Waals surface area contributed by atoms with Gasteiger partial charge in [0.2, 0.25) is 0 Å². The minimum atomic E-state index is -2.48. The van der Waals surface area contributed by atoms with Crippen LogP contribution in [0.15, 0.2) is 54.7 Å². The number of nitrogens with one attached hydrogen (secondary N) is 1. The number of benzene rings is 2. The van der Waals surface area contributed by atoms with Gasteiger partial charge >= 0.3 is 6.03 Å². The van der Waals surface area contributed by atoms with Gasteiger partial charge in [0.25, 0.3) is 6.43 Å². The molecule has 2 amide bonds. The highest BCUT2D eigenvalue weighted by atomic mass is 19.3. The second-order valence-electron chi connectivity index (χ2n) is 6.97. The lowest BCUT2D eigenvalue weighted by Gasteiger charge is -2.36. The van der Waals surface area contributed by atoms with E-state index in [9.17, 15) is 13.6 Å². The van der Waals surface area contributed by atoms with Crippen LogP contribution in [-0.2, 0) is 7.05 Å². The molecule has 0 unspecified atom stereocenters. The number of piperazine rings is 1. The molecule has 1 N–H and O–H groups in total. The number of alkyl halides is 2. The number of aryl methyl sites for hydroxylation is 1. The number of urea groups is 1. The number of hydrogen-bond donors (Lipinski definition) is 1. The van der Waals surface area contributed by atoms with E-state index < -0.39 is 6.43 Å². The Hall–Kier alpha value is -3.09. The van der Waals surface area contributed by atoms with Gasteiger partial charge in [0.1, 0.15) is 0 Å². The van der Waals surface area contributed by atoms with E-state index in [2.05, 4.69) is 5.32 Å². The maximum atomic E-state index is 12.9. The summed E-state index contributed by atoms with van der Waals surface area (Å²) < 4.78 is 27.8. The van der Waals surface area contributed by atoms with Crippen molar-refractivity contribution in [2.45, 2.75) is 6.43 Å². The first-order valence-electron chi connectivity index (χ1n) is 9.26. The zero-order chi connectivity index (χ0) is 19.7. The molecule has 4 rings (SSSR count). The fraction of sp³-hybridized carbons (Fsp3) is 0.286. The van der Waals surface area contributed by atoms with E-state index >= 15 is 0 Å². The van der Waals surface area contributed by atoms with Crippen LogP contribution in [0.1, 0.15) is 12.0 Å². The van der Waals surface area contributed by atoms with Crippen LogP contribution in [0.3, 0.4) is 0 Å². The number of fused-ring (bicyclic) bond motifs is 1. The van der Waals surface area contributed by atoms with Gasteiger partial charge in [-0.05, 0) is 18.2 Å². The van der Waals surface area contributed by atoms with Crippen molar-refractivity contribution < 1.29 is 13.6 Å². The van der Waals surface area contributed by atoms with Gasteiger partial charge in [-0.15, -0.1) is 0 Å². The molecule has 0 saturated carbocycles. The summed E-state index contributed by atoms with van der Waals surface area (Å²) in [6, 6.07) is 14.2. The second-order valence-corrected chi connectivity index (χ2v) is 6.97. The summed E-state index contributed by atoms with van der Waals surface area (Å²) >= 11 is 0. The Morgan fingerprint density at radius 3 is 2.54 bits per heavy atom. The Bertz CT molecular complexity index is 993. The van der Waals surface area contributed by atoms with E-state index in [1.165, 1.54) is 12.1 Å². The molecule has 0 bridgehead atoms. The van der Waals surface area contributed by atoms with Crippen molar-refractivity contribution in [3.63, 3.8) is 0 Å². The van der Waals surface area contributed by atoms with Crippen molar-refractivity contribution in [1.29, 1.82) is 0 Å². The molecule has 1 fully saturated rings. The van der Waals surface area contributed by atoms with Crippen LogP contribution in [0, 0.1) is 0 Å². The Kier molecular flexibility index (Phi) is 4.90. The first-order chi connectivity index (χ1) is 13.5. The molecule has 1 aromatic heterocycles. The molecule has 28 heavy (non-hydrogen) atoms. The molecule has 5 nitrogen and oxygen atoms in total. The molecule has 1 aliphatic rings. The minimum Gasteiger partial charge on any atom is -0.368 e. The maximum absolute atomic E-state index is 12.9. The van der Waals surface area contributed by atoms with Crippen LogP contribution in [0.5, 0.6) is 0 Å². The third-order valence-corrected chi connectivity index (χ3v) is 5.19. The number of halogens is 2. The van der Waals surface area contributed by atoms with Gasteiger partial charge in [-0.1, -0.05) is 30.3 Å². The third kappa shape index (κ3) is 3.52. The number of rotatable bonds is 3. The standard InChI is InChI=1S/C21H22F2N4O/c1-25-14-18(17-7-2-3-8-19(17)25)24-21(28)27-11-9-26(10-12-27)16-6-4-5-15(13-16)20(22)23/h2-8,13-14,20H,9-12H2,1H3,(H,24,28). The zero-order valence-corrected chi connectivity index (χ0v) is 15.6. The minimum absolute atomic E-state index is 0.0219. The number of carbonyl (C=O) groups is 1. The molecule has 0 radical (unpaired) electrons. The summed E-state index contributed by atoms with van der Waals surface area (Å²) in [4.78, 5) is 16.5. The van der Waals surface area contributed by atoms with Crippen LogP contribution >= 0.6 is 0 Å². The Balaban J connectivity index is 1.41. The number of anilines is 2. The number of nitrogens with zero attached hydrogens (tertiary/aromatic N) is 3. The Morgan fingerprint density at radius 1 is 1.04 bits per heavy atom. The van der Waals surface area contributed by atoms with E-state index in [0.717, 1.165) is 22.3 Å². The zero-order valence-electron chi connectivity index (χ0n) is 15.6. The summed E-state index contributed by atoms with van der Waals surface area (Å²) in [5.41, 5.74) is 2.64. The van der Waals surface area contributed by atoms with E-state index in [1.54, 1.807) is 11.0 Å². The van der Waals surface area contributed by atoms with E-state index in [4.69, 9.17) is 0 Å². The molecular weight excluding hydrogens is 362 g/mol. The molecule has 0 spiro atoms. The average Bonchev–Trinajstić information content (AvgIpc) is 3.04. The number of hydrogen-bond acceptors (Lipinski definition) is 2. The lowest BCUT2D eigenvalue weighted by atomic mass is 10.1. The topological polar surface area (TPSA) is 40.5 Å². The normalized spacial score (nSPS) is 14.7. The van der Waals surface area contributed by atoms with Crippen LogP contribution in [0.4, 0.5) is 25.0 Å². The van der Waals surface area contributed by atoms with E-state index in [0.29, 0.717) is 26.2 Å². The van der Waals surface area contributed by atoms with Crippen LogP contribution in [-0.4, -0.2) is 41.7 Å². The number of aromatic nitrogens is 1. The van der Waals surface area contributed by atoms with Gasteiger partial charge in [-0.3, -0.25) is 0 Å². The summed E-state index contributed by atoms with van der Waals surface area (Å²) in [6.45, 7) is 2.29. The molecule has 0 atom stereocenters. The van der Waals surface area contributed by atoms with Gasteiger partial charge in [0.05, 0.1) is 5.69 Å². The van der Waals surface area contributed by atoms with Crippen molar-refractivity contribution in [3.8, 4) is 0 Å². The SMILES string of the molecule is Cn1cc(NC(=O)N2CCN(c3cccc(C(F)F)c3)CC2)c2ccccc21. The van der Waals surface area contributed by atoms with Crippen molar-refractivity contribution in [1.82, 2.24) is 9.47 Å². The van der Waals surface area contributed by atoms with Crippen molar-refractivity contribution in [2.75, 3.05) is 36.4 Å². The molecule has 2 aromatic carbocycles. The molecular formula is C21H22F2N4O. The van der Waals surface area contributed by atoms with Gasteiger partial charge < -0.3 is 19.7 Å². The van der Waals surface area contributed by atoms with Gasteiger partial charge in [0.15, 0.2) is 0 Å². The summed E-state index contributed by atoms with van der Waals surface area (Å²) in [6.07, 6.45) is -0.568. The summed E-state index contributed by atoms with van der Waals surface area (Å²) in [5.74, 6) is 0. The predicted molar refractivity (Wildman–Crippen MR) is 107 cm³/mol. The Labute approximate surface area is 162 Å². The van der Waals surface area contributed by atoms with Crippen molar-refractivity contribution >= 4 is 28.3 Å². The first kappa shape index (κ1) is 18.3. The molecule has 7 heteroatoms. The highest BCUT2D eigenvalue weighted by molar-refractivity contribution is 6.01. The van der Waals surface area contributed by atoms with Gasteiger partial charge in [-0.25, -0.2) is 13.6 Å². The van der Waals surface area contributed by atoms with Crippen molar-refractivity contribution in [3.05, 3.63) is 60.3 Å². The average molecular weight is 384 g/mol. The number of carbonyl (C=O) groups excluding carboxylic acids is 1. The highest BCUT2D eigenvalue weighted by Crippen LogP contribution is 2.26. The monoisotopic (exact) mass is 384 g/mol. The molecule has 3 aromatic rings. The van der Waals surface area contributed by atoms with E-state index in [-0.39, 0.29) is 11.6 Å². The quantitative estimate of drug-likeness (QED) is 0.724. The highest BCUT2D eigenvalue weighted by Gasteiger charge is 2.22. The van der Waals surface area contributed by atoms with Crippen LogP contribution in [0.2, 0.25) is 0 Å². The fourth-order valence-electron chi connectivity index (χ4n) is 3.66.